The molecule has 0 heterocycles. The number of carbonyl (C=O) groups is 1. The van der Waals surface area contributed by atoms with E-state index in [1.165, 1.54) is 5.56 Å². The Morgan fingerprint density at radius 3 is 2.24 bits per heavy atom. The molecule has 3 nitrogen and oxygen atoms in total. The second-order valence-electron chi connectivity index (χ2n) is 6.54. The largest absolute Gasteiger partial charge is 0.341 e. The van der Waals surface area contributed by atoms with E-state index in [0.29, 0.717) is 16.5 Å². The number of benzene rings is 2. The van der Waals surface area contributed by atoms with Gasteiger partial charge in [0.2, 0.25) is 5.91 Å². The molecule has 1 atom stereocenters. The number of rotatable bonds is 7. The van der Waals surface area contributed by atoms with Gasteiger partial charge in [0.25, 0.3) is 0 Å². The van der Waals surface area contributed by atoms with Gasteiger partial charge in [-0.3, -0.25) is 4.79 Å². The van der Waals surface area contributed by atoms with Crippen LogP contribution in [0.1, 0.15) is 11.1 Å². The molecule has 134 valence electrons. The number of hydrogen-bond donors (Lipinski definition) is 0. The summed E-state index contributed by atoms with van der Waals surface area (Å²) in [6.07, 6.45) is 1.13. The second kappa shape index (κ2) is 9.23. The molecule has 0 aromatic heterocycles. The molecule has 5 heteroatoms. The van der Waals surface area contributed by atoms with Gasteiger partial charge in [-0.1, -0.05) is 59.6 Å². The summed E-state index contributed by atoms with van der Waals surface area (Å²) in [5, 5.41) is 0.976. The summed E-state index contributed by atoms with van der Waals surface area (Å²) >= 11 is 12.0. The molecule has 0 aliphatic rings. The van der Waals surface area contributed by atoms with Crippen molar-refractivity contribution < 1.29 is 4.79 Å². The predicted octanol–water partition coefficient (Wildman–Crippen LogP) is 4.17. The first kappa shape index (κ1) is 19.8. The third kappa shape index (κ3) is 6.03. The summed E-state index contributed by atoms with van der Waals surface area (Å²) in [6.45, 7) is 0.804. The average molecular weight is 379 g/mol. The van der Waals surface area contributed by atoms with Gasteiger partial charge in [-0.15, -0.1) is 0 Å². The monoisotopic (exact) mass is 378 g/mol. The number of nitrogens with zero attached hydrogens (tertiary/aromatic N) is 2. The zero-order valence-corrected chi connectivity index (χ0v) is 16.4. The van der Waals surface area contributed by atoms with Gasteiger partial charge in [-0.25, -0.2) is 0 Å². The van der Waals surface area contributed by atoms with Crippen molar-refractivity contribution in [2.24, 2.45) is 0 Å². The Kier molecular flexibility index (Phi) is 7.30. The van der Waals surface area contributed by atoms with Crippen LogP contribution in [0, 0.1) is 0 Å². The SMILES string of the molecule is CN(C)C[C@H](Cc1ccccc1)N(C)C(=O)Cc1ccc(Cl)c(Cl)c1. The third-order valence-corrected chi connectivity index (χ3v) is 4.91. The molecule has 1 amide bonds. The van der Waals surface area contributed by atoms with Crippen LogP contribution in [0.15, 0.2) is 48.5 Å². The fraction of sp³-hybridized carbons (Fsp3) is 0.350. The molecule has 0 bridgehead atoms. The quantitative estimate of drug-likeness (QED) is 0.721. The van der Waals surface area contributed by atoms with Crippen molar-refractivity contribution in [2.75, 3.05) is 27.7 Å². The van der Waals surface area contributed by atoms with Crippen LogP contribution in [0.25, 0.3) is 0 Å². The van der Waals surface area contributed by atoms with Gasteiger partial charge in [0.05, 0.1) is 16.5 Å². The lowest BCUT2D eigenvalue weighted by atomic mass is 10.0. The molecule has 0 aliphatic carbocycles. The second-order valence-corrected chi connectivity index (χ2v) is 7.35. The van der Waals surface area contributed by atoms with Gasteiger partial charge in [0.1, 0.15) is 0 Å². The van der Waals surface area contributed by atoms with Gasteiger partial charge in [-0.05, 0) is 43.8 Å². The lowest BCUT2D eigenvalue weighted by Gasteiger charge is -2.31. The fourth-order valence-corrected chi connectivity index (χ4v) is 3.10. The Balaban J connectivity index is 2.09. The molecule has 2 aromatic rings. The lowest BCUT2D eigenvalue weighted by Crippen LogP contribution is -2.45. The van der Waals surface area contributed by atoms with E-state index in [4.69, 9.17) is 23.2 Å². The molecule has 0 N–H and O–H groups in total. The van der Waals surface area contributed by atoms with E-state index in [9.17, 15) is 4.79 Å². The fourth-order valence-electron chi connectivity index (χ4n) is 2.78. The van der Waals surface area contributed by atoms with Gasteiger partial charge < -0.3 is 9.80 Å². The molecule has 25 heavy (non-hydrogen) atoms. The smallest absolute Gasteiger partial charge is 0.227 e. The minimum Gasteiger partial charge on any atom is -0.341 e. The van der Waals surface area contributed by atoms with Crippen molar-refractivity contribution in [2.45, 2.75) is 18.9 Å². The van der Waals surface area contributed by atoms with Crippen LogP contribution in [-0.4, -0.2) is 49.4 Å². The molecule has 2 aromatic carbocycles. The van der Waals surface area contributed by atoms with E-state index in [-0.39, 0.29) is 11.9 Å². The highest BCUT2D eigenvalue weighted by Crippen LogP contribution is 2.23. The first-order chi connectivity index (χ1) is 11.9. The molecule has 0 unspecified atom stereocenters. The summed E-state index contributed by atoms with van der Waals surface area (Å²) < 4.78 is 0. The minimum absolute atomic E-state index is 0.0705. The Morgan fingerprint density at radius 1 is 0.960 bits per heavy atom. The average Bonchev–Trinajstić information content (AvgIpc) is 2.57. The molecule has 0 saturated carbocycles. The van der Waals surface area contributed by atoms with E-state index in [1.54, 1.807) is 12.1 Å². The molecule has 0 aliphatic heterocycles. The number of likely N-dealkylation sites (N-methyl/N-ethyl adjacent to an activating group) is 2. The van der Waals surface area contributed by atoms with E-state index < -0.39 is 0 Å². The number of carbonyl (C=O) groups excluding carboxylic acids is 1. The van der Waals surface area contributed by atoms with Crippen LogP contribution in [0.2, 0.25) is 10.0 Å². The normalized spacial score (nSPS) is 12.2. The molecular weight excluding hydrogens is 355 g/mol. The topological polar surface area (TPSA) is 23.6 Å². The maximum absolute atomic E-state index is 12.8. The first-order valence-corrected chi connectivity index (χ1v) is 9.00. The van der Waals surface area contributed by atoms with Crippen LogP contribution in [0.5, 0.6) is 0 Å². The van der Waals surface area contributed by atoms with Crippen LogP contribution in [-0.2, 0) is 17.6 Å². The van der Waals surface area contributed by atoms with E-state index in [2.05, 4.69) is 17.0 Å². The van der Waals surface area contributed by atoms with Gasteiger partial charge in [0, 0.05) is 19.6 Å². The zero-order chi connectivity index (χ0) is 18.4. The third-order valence-electron chi connectivity index (χ3n) is 4.17. The number of amides is 1. The standard InChI is InChI=1S/C20H24Cl2N2O/c1-23(2)14-17(11-15-7-5-4-6-8-15)24(3)20(25)13-16-9-10-18(21)19(22)12-16/h4-10,12,17H,11,13-14H2,1-3H3/t17-/m0/s1. The van der Waals surface area contributed by atoms with Crippen molar-refractivity contribution in [1.29, 1.82) is 0 Å². The van der Waals surface area contributed by atoms with E-state index in [1.807, 2.05) is 50.3 Å². The first-order valence-electron chi connectivity index (χ1n) is 8.25. The summed E-state index contributed by atoms with van der Waals surface area (Å²) in [4.78, 5) is 16.7. The van der Waals surface area contributed by atoms with Gasteiger partial charge in [0.15, 0.2) is 0 Å². The Hall–Kier alpha value is -1.55. The van der Waals surface area contributed by atoms with Crippen molar-refractivity contribution in [3.63, 3.8) is 0 Å². The molecule has 0 spiro atoms. The summed E-state index contributed by atoms with van der Waals surface area (Å²) in [7, 11) is 5.92. The molecular formula is C20H24Cl2N2O. The van der Waals surface area contributed by atoms with Crippen LogP contribution in [0.3, 0.4) is 0 Å². The van der Waals surface area contributed by atoms with Crippen molar-refractivity contribution >= 4 is 29.1 Å². The van der Waals surface area contributed by atoms with Crippen molar-refractivity contribution in [3.8, 4) is 0 Å². The zero-order valence-electron chi connectivity index (χ0n) is 14.9. The van der Waals surface area contributed by atoms with Crippen LogP contribution < -0.4 is 0 Å². The van der Waals surface area contributed by atoms with Crippen molar-refractivity contribution in [3.05, 3.63) is 69.7 Å². The van der Waals surface area contributed by atoms with E-state index in [0.717, 1.165) is 18.5 Å². The molecule has 0 saturated heterocycles. The highest BCUT2D eigenvalue weighted by atomic mass is 35.5. The molecule has 0 fully saturated rings. The maximum Gasteiger partial charge on any atom is 0.227 e. The van der Waals surface area contributed by atoms with Gasteiger partial charge in [-0.2, -0.15) is 0 Å². The van der Waals surface area contributed by atoms with Crippen molar-refractivity contribution in [1.82, 2.24) is 9.80 Å². The minimum atomic E-state index is 0.0705. The lowest BCUT2D eigenvalue weighted by molar-refractivity contribution is -0.131. The highest BCUT2D eigenvalue weighted by Gasteiger charge is 2.21. The maximum atomic E-state index is 12.8. The summed E-state index contributed by atoms with van der Waals surface area (Å²) in [5.74, 6) is 0.0705. The Bertz CT molecular complexity index is 704. The molecule has 0 radical (unpaired) electrons. The Morgan fingerprint density at radius 2 is 1.64 bits per heavy atom. The summed E-state index contributed by atoms with van der Waals surface area (Å²) in [6, 6.07) is 15.7. The Labute approximate surface area is 160 Å². The molecule has 2 rings (SSSR count). The predicted molar refractivity (Wildman–Crippen MR) is 105 cm³/mol. The van der Waals surface area contributed by atoms with E-state index >= 15 is 0 Å². The van der Waals surface area contributed by atoms with Crippen LogP contribution >= 0.6 is 23.2 Å². The number of hydrogen-bond acceptors (Lipinski definition) is 2. The van der Waals surface area contributed by atoms with Gasteiger partial charge >= 0.3 is 0 Å². The highest BCUT2D eigenvalue weighted by molar-refractivity contribution is 6.42. The number of halogens is 2. The summed E-state index contributed by atoms with van der Waals surface area (Å²) in [5.41, 5.74) is 2.10. The van der Waals surface area contributed by atoms with Crippen LogP contribution in [0.4, 0.5) is 0 Å².